The standard InChI is InChI=1S/C6H11Cl2Si/c7-9(8)5-6-3-1-2-4-6/h6H,1-5H2. The lowest BCUT2D eigenvalue weighted by Crippen LogP contribution is -2.01. The highest BCUT2D eigenvalue weighted by atomic mass is 35.7. The van der Waals surface area contributed by atoms with Crippen molar-refractivity contribution in [1.82, 2.24) is 0 Å². The van der Waals surface area contributed by atoms with Crippen LogP contribution in [0.2, 0.25) is 6.04 Å². The van der Waals surface area contributed by atoms with Crippen LogP contribution >= 0.6 is 22.2 Å². The van der Waals surface area contributed by atoms with Crippen molar-refractivity contribution in [2.24, 2.45) is 5.92 Å². The van der Waals surface area contributed by atoms with Crippen LogP contribution in [-0.2, 0) is 0 Å². The molecule has 0 aromatic rings. The molecule has 53 valence electrons. The fraction of sp³-hybridized carbons (Fsp3) is 1.00. The molecule has 1 aliphatic carbocycles. The van der Waals surface area contributed by atoms with Crippen molar-refractivity contribution in [2.45, 2.75) is 31.7 Å². The number of rotatable bonds is 2. The zero-order valence-electron chi connectivity index (χ0n) is 5.37. The van der Waals surface area contributed by atoms with E-state index in [9.17, 15) is 0 Å². The van der Waals surface area contributed by atoms with Crippen LogP contribution in [0.4, 0.5) is 0 Å². The first-order valence-corrected chi connectivity index (χ1v) is 7.19. The summed E-state index contributed by atoms with van der Waals surface area (Å²) in [4.78, 5) is 0. The summed E-state index contributed by atoms with van der Waals surface area (Å²) in [5.41, 5.74) is 0. The Morgan fingerprint density at radius 3 is 2.22 bits per heavy atom. The van der Waals surface area contributed by atoms with Crippen molar-refractivity contribution in [1.29, 1.82) is 0 Å². The molecule has 0 spiro atoms. The van der Waals surface area contributed by atoms with E-state index in [0.717, 1.165) is 12.0 Å². The summed E-state index contributed by atoms with van der Waals surface area (Å²) < 4.78 is 0. The van der Waals surface area contributed by atoms with Gasteiger partial charge in [-0.2, -0.15) is 0 Å². The van der Waals surface area contributed by atoms with Gasteiger partial charge in [0.2, 0.25) is 0 Å². The maximum Gasteiger partial charge on any atom is 0.274 e. The minimum atomic E-state index is -0.973. The number of hydrogen-bond acceptors (Lipinski definition) is 0. The van der Waals surface area contributed by atoms with E-state index in [4.69, 9.17) is 22.2 Å². The quantitative estimate of drug-likeness (QED) is 0.454. The molecule has 1 saturated carbocycles. The van der Waals surface area contributed by atoms with Crippen LogP contribution in [0.25, 0.3) is 0 Å². The zero-order chi connectivity index (χ0) is 6.69. The summed E-state index contributed by atoms with van der Waals surface area (Å²) in [6, 6.07) is 1.10. The van der Waals surface area contributed by atoms with Crippen LogP contribution in [0, 0.1) is 5.92 Å². The molecule has 1 aliphatic rings. The van der Waals surface area contributed by atoms with Crippen molar-refractivity contribution >= 4 is 29.6 Å². The fourth-order valence-corrected chi connectivity index (χ4v) is 3.59. The van der Waals surface area contributed by atoms with E-state index < -0.39 is 7.42 Å². The molecule has 0 nitrogen and oxygen atoms in total. The van der Waals surface area contributed by atoms with Crippen LogP contribution in [0.5, 0.6) is 0 Å². The monoisotopic (exact) mass is 181 g/mol. The average molecular weight is 182 g/mol. The normalized spacial score (nSPS) is 21.7. The van der Waals surface area contributed by atoms with Gasteiger partial charge in [-0.05, 0) is 12.0 Å². The Balaban J connectivity index is 2.11. The second-order valence-corrected chi connectivity index (χ2v) is 7.10. The number of hydrogen-bond donors (Lipinski definition) is 0. The molecular weight excluding hydrogens is 171 g/mol. The van der Waals surface area contributed by atoms with Gasteiger partial charge >= 0.3 is 0 Å². The third-order valence-electron chi connectivity index (χ3n) is 1.92. The van der Waals surface area contributed by atoms with Gasteiger partial charge < -0.3 is 0 Å². The van der Waals surface area contributed by atoms with Gasteiger partial charge in [0, 0.05) is 0 Å². The molecular formula is C6H11Cl2Si. The lowest BCUT2D eigenvalue weighted by molar-refractivity contribution is 0.609. The molecule has 0 N–H and O–H groups in total. The summed E-state index contributed by atoms with van der Waals surface area (Å²) in [6.07, 6.45) is 5.53. The van der Waals surface area contributed by atoms with Gasteiger partial charge in [-0.15, -0.1) is 22.2 Å². The molecule has 1 rings (SSSR count). The van der Waals surface area contributed by atoms with Crippen molar-refractivity contribution in [3.05, 3.63) is 0 Å². The maximum atomic E-state index is 5.73. The average Bonchev–Trinajstić information content (AvgIpc) is 2.15. The van der Waals surface area contributed by atoms with Crippen molar-refractivity contribution in [3.8, 4) is 0 Å². The van der Waals surface area contributed by atoms with E-state index in [2.05, 4.69) is 0 Å². The van der Waals surface area contributed by atoms with Crippen LogP contribution < -0.4 is 0 Å². The smallest absolute Gasteiger partial charge is 0.147 e. The Morgan fingerprint density at radius 2 is 1.78 bits per heavy atom. The van der Waals surface area contributed by atoms with Gasteiger partial charge in [0.05, 0.1) is 0 Å². The highest BCUT2D eigenvalue weighted by molar-refractivity contribution is 7.33. The molecule has 1 fully saturated rings. The van der Waals surface area contributed by atoms with E-state index in [1.165, 1.54) is 25.7 Å². The lowest BCUT2D eigenvalue weighted by Gasteiger charge is -2.05. The maximum absolute atomic E-state index is 5.73. The predicted molar refractivity (Wildman–Crippen MR) is 44.2 cm³/mol. The van der Waals surface area contributed by atoms with E-state index in [1.54, 1.807) is 0 Å². The van der Waals surface area contributed by atoms with E-state index in [0.29, 0.717) is 0 Å². The highest BCUT2D eigenvalue weighted by Gasteiger charge is 2.18. The molecule has 3 heteroatoms. The largest absolute Gasteiger partial charge is 0.274 e. The van der Waals surface area contributed by atoms with Crippen LogP contribution in [0.3, 0.4) is 0 Å². The first kappa shape index (κ1) is 7.90. The number of halogens is 2. The van der Waals surface area contributed by atoms with Gasteiger partial charge in [0.25, 0.3) is 7.42 Å². The van der Waals surface area contributed by atoms with Gasteiger partial charge in [-0.3, -0.25) is 0 Å². The Kier molecular flexibility index (Phi) is 3.37. The fourth-order valence-electron chi connectivity index (χ4n) is 1.43. The molecule has 1 radical (unpaired) electrons. The second-order valence-electron chi connectivity index (χ2n) is 2.69. The summed E-state index contributed by atoms with van der Waals surface area (Å²) in [5.74, 6) is 0.869. The molecule has 9 heavy (non-hydrogen) atoms. The van der Waals surface area contributed by atoms with Gasteiger partial charge in [-0.25, -0.2) is 0 Å². The van der Waals surface area contributed by atoms with Crippen LogP contribution in [0.15, 0.2) is 0 Å². The second kappa shape index (κ2) is 3.84. The topological polar surface area (TPSA) is 0 Å². The van der Waals surface area contributed by atoms with E-state index in [-0.39, 0.29) is 0 Å². The summed E-state index contributed by atoms with van der Waals surface area (Å²) in [5, 5.41) is 0. The van der Waals surface area contributed by atoms with Crippen molar-refractivity contribution < 1.29 is 0 Å². The minimum Gasteiger partial charge on any atom is -0.147 e. The minimum absolute atomic E-state index is 0.869. The molecule has 0 heterocycles. The first-order chi connectivity index (χ1) is 4.29. The van der Waals surface area contributed by atoms with Gasteiger partial charge in [0.15, 0.2) is 0 Å². The van der Waals surface area contributed by atoms with Gasteiger partial charge in [-0.1, -0.05) is 25.7 Å². The third-order valence-corrected chi connectivity index (χ3v) is 3.73. The predicted octanol–water partition coefficient (Wildman–Crippen LogP) is 3.14. The Labute approximate surface area is 67.6 Å². The third kappa shape index (κ3) is 2.92. The van der Waals surface area contributed by atoms with Crippen LogP contribution in [-0.4, -0.2) is 7.42 Å². The molecule has 0 bridgehead atoms. The Bertz CT molecular complexity index is 79.1. The summed E-state index contributed by atoms with van der Waals surface area (Å²) >= 11 is 11.5. The highest BCUT2D eigenvalue weighted by Crippen LogP contribution is 2.30. The molecule has 0 aromatic carbocycles. The molecule has 0 amide bonds. The molecule has 0 aromatic heterocycles. The Hall–Kier alpha value is 0.797. The first-order valence-electron chi connectivity index (χ1n) is 3.46. The SMILES string of the molecule is Cl[Si](Cl)CC1CCCC1. The van der Waals surface area contributed by atoms with E-state index >= 15 is 0 Å². The lowest BCUT2D eigenvalue weighted by atomic mass is 10.1. The van der Waals surface area contributed by atoms with Crippen molar-refractivity contribution in [3.63, 3.8) is 0 Å². The molecule has 0 aliphatic heterocycles. The van der Waals surface area contributed by atoms with Gasteiger partial charge in [0.1, 0.15) is 0 Å². The Morgan fingerprint density at radius 1 is 1.22 bits per heavy atom. The molecule has 0 atom stereocenters. The zero-order valence-corrected chi connectivity index (χ0v) is 7.88. The van der Waals surface area contributed by atoms with Crippen LogP contribution in [0.1, 0.15) is 25.7 Å². The molecule has 0 saturated heterocycles. The van der Waals surface area contributed by atoms with E-state index in [1.807, 2.05) is 0 Å². The van der Waals surface area contributed by atoms with Crippen molar-refractivity contribution in [2.75, 3.05) is 0 Å². The summed E-state index contributed by atoms with van der Waals surface area (Å²) in [7, 11) is -0.973. The summed E-state index contributed by atoms with van der Waals surface area (Å²) in [6.45, 7) is 0. The molecule has 0 unspecified atom stereocenters.